The van der Waals surface area contributed by atoms with Crippen LogP contribution in [0.2, 0.25) is 0 Å². The first-order valence-electron chi connectivity index (χ1n) is 16.0. The second-order valence-electron chi connectivity index (χ2n) is 11.4. The van der Waals surface area contributed by atoms with Crippen LogP contribution in [0.5, 0.6) is 0 Å². The Balaban J connectivity index is 1.32. The van der Waals surface area contributed by atoms with Crippen LogP contribution in [0, 0.1) is 0 Å². The van der Waals surface area contributed by atoms with E-state index in [-0.39, 0.29) is 5.71 Å². The zero-order valence-electron chi connectivity index (χ0n) is 26.5. The molecule has 6 heteroatoms. The molecule has 0 spiro atoms. The molecule has 7 rings (SSSR count). The van der Waals surface area contributed by atoms with Crippen molar-refractivity contribution >= 4 is 28.5 Å². The molecular weight excluding hydrogens is 623 g/mol. The third-order valence-electron chi connectivity index (χ3n) is 8.57. The largest absolute Gasteiger partial charge is 0.374 e. The van der Waals surface area contributed by atoms with Crippen LogP contribution in [0.25, 0.3) is 0 Å². The maximum atomic E-state index is 12.6. The molecule has 0 saturated carbocycles. The molecule has 0 aliphatic heterocycles. The predicted octanol–water partition coefficient (Wildman–Crippen LogP) is 9.37. The normalized spacial score (nSPS) is 11.9. The number of anilines is 1. The van der Waals surface area contributed by atoms with Gasteiger partial charge in [-0.05, 0) is 16.7 Å². The monoisotopic (exact) mass is 654 g/mol. The third kappa shape index (κ3) is 6.18. The number of hydrogen-bond donors (Lipinski definition) is 1. The topological polar surface area (TPSA) is 63.6 Å². The van der Waals surface area contributed by atoms with Gasteiger partial charge in [-0.1, -0.05) is 187 Å². The Morgan fingerprint density at radius 3 is 1.24 bits per heavy atom. The molecule has 1 N–H and O–H groups in total. The molecule has 7 aromatic rings. The minimum atomic E-state index is -1.15. The molecule has 1 heterocycles. The summed E-state index contributed by atoms with van der Waals surface area (Å²) in [6, 6.07) is 60.6. The van der Waals surface area contributed by atoms with Crippen LogP contribution in [-0.4, -0.2) is 17.0 Å². The summed E-state index contributed by atoms with van der Waals surface area (Å²) in [7, 11) is 0. The molecule has 0 aliphatic carbocycles. The van der Waals surface area contributed by atoms with Crippen molar-refractivity contribution < 1.29 is 9.63 Å². The standard InChI is InChI=1S/C43H32N3O2S/c47-31-39(46-48-43(36-25-13-4-14-26-36,37-27-15-5-16-28-37)38-29-17-6-18-30-38)40-32-49-41(44-40)45-42(33-19-7-1-8-20-33,34-21-9-2-10-22-34)35-23-11-3-12-24-35/h1-30,32H,(H,44,45). The Morgan fingerprint density at radius 1 is 0.551 bits per heavy atom. The number of hydrogen-bond acceptors (Lipinski definition) is 6. The number of benzene rings is 6. The van der Waals surface area contributed by atoms with Crippen LogP contribution in [0.3, 0.4) is 0 Å². The van der Waals surface area contributed by atoms with Crippen molar-refractivity contribution in [1.29, 1.82) is 0 Å². The zero-order chi connectivity index (χ0) is 33.4. The lowest BCUT2D eigenvalue weighted by molar-refractivity contribution is 0.0177. The summed E-state index contributed by atoms with van der Waals surface area (Å²) in [6.45, 7) is 0. The van der Waals surface area contributed by atoms with Crippen molar-refractivity contribution in [3.8, 4) is 0 Å². The summed E-state index contributed by atoms with van der Waals surface area (Å²) in [4.78, 5) is 24.1. The smallest absolute Gasteiger partial charge is 0.259 e. The Hall–Kier alpha value is -6.11. The van der Waals surface area contributed by atoms with Gasteiger partial charge in [0.25, 0.3) is 6.29 Å². The highest BCUT2D eigenvalue weighted by atomic mass is 32.1. The third-order valence-corrected chi connectivity index (χ3v) is 9.33. The minimum absolute atomic E-state index is 0.0406. The van der Waals surface area contributed by atoms with Crippen molar-refractivity contribution in [1.82, 2.24) is 4.98 Å². The molecule has 0 fully saturated rings. The fraction of sp³-hybridized carbons (Fsp3) is 0.0465. The predicted molar refractivity (Wildman–Crippen MR) is 197 cm³/mol. The van der Waals surface area contributed by atoms with E-state index in [0.29, 0.717) is 10.8 Å². The number of thiazole rings is 1. The van der Waals surface area contributed by atoms with Gasteiger partial charge in [-0.2, -0.15) is 0 Å². The van der Waals surface area contributed by atoms with E-state index in [2.05, 4.69) is 46.9 Å². The number of nitrogens with zero attached hydrogens (tertiary/aromatic N) is 2. The quantitative estimate of drug-likeness (QED) is 0.0810. The first-order chi connectivity index (χ1) is 24.2. The van der Waals surface area contributed by atoms with E-state index in [1.54, 1.807) is 5.38 Å². The van der Waals surface area contributed by atoms with Crippen LogP contribution in [0.4, 0.5) is 5.13 Å². The number of carbonyl (C=O) groups excluding carboxylic acids is 1. The molecule has 0 atom stereocenters. The Morgan fingerprint density at radius 2 is 0.898 bits per heavy atom. The van der Waals surface area contributed by atoms with Crippen molar-refractivity contribution in [3.05, 3.63) is 226 Å². The van der Waals surface area contributed by atoms with E-state index < -0.39 is 11.1 Å². The lowest BCUT2D eigenvalue weighted by Gasteiger charge is -2.36. The highest BCUT2D eigenvalue weighted by Gasteiger charge is 2.40. The van der Waals surface area contributed by atoms with Crippen LogP contribution in [0.1, 0.15) is 39.1 Å². The maximum Gasteiger partial charge on any atom is 0.259 e. The van der Waals surface area contributed by atoms with Gasteiger partial charge in [0.15, 0.2) is 10.8 Å². The molecule has 5 nitrogen and oxygen atoms in total. The lowest BCUT2D eigenvalue weighted by Crippen LogP contribution is -2.38. The average Bonchev–Trinajstić information content (AvgIpc) is 3.66. The van der Waals surface area contributed by atoms with Gasteiger partial charge in [0.2, 0.25) is 5.60 Å². The molecule has 1 radical (unpaired) electrons. The SMILES string of the molecule is O=[C]C(=NOC(c1ccccc1)(c1ccccc1)c1ccccc1)c1csc(NC(c2ccccc2)(c2ccccc2)c2ccccc2)n1. The van der Waals surface area contributed by atoms with Crippen LogP contribution in [0.15, 0.2) is 193 Å². The summed E-state index contributed by atoms with van der Waals surface area (Å²) < 4.78 is 0. The molecule has 1 aromatic heterocycles. The van der Waals surface area contributed by atoms with Crippen molar-refractivity contribution in [2.75, 3.05) is 5.32 Å². The molecular formula is C43H32N3O2S. The first kappa shape index (κ1) is 31.5. The highest BCUT2D eigenvalue weighted by Crippen LogP contribution is 2.42. The van der Waals surface area contributed by atoms with Gasteiger partial charge < -0.3 is 10.2 Å². The average molecular weight is 655 g/mol. The van der Waals surface area contributed by atoms with E-state index in [9.17, 15) is 4.79 Å². The number of aromatic nitrogens is 1. The minimum Gasteiger partial charge on any atom is -0.374 e. The summed E-state index contributed by atoms with van der Waals surface area (Å²) in [6.07, 6.45) is 2.01. The van der Waals surface area contributed by atoms with Gasteiger partial charge in [-0.15, -0.1) is 11.3 Å². The fourth-order valence-electron chi connectivity index (χ4n) is 6.29. The number of oxime groups is 1. The van der Waals surface area contributed by atoms with Crippen molar-refractivity contribution in [2.45, 2.75) is 11.1 Å². The molecule has 237 valence electrons. The van der Waals surface area contributed by atoms with Crippen molar-refractivity contribution in [3.63, 3.8) is 0 Å². The van der Waals surface area contributed by atoms with Gasteiger partial charge in [0, 0.05) is 22.1 Å². The van der Waals surface area contributed by atoms with E-state index in [1.807, 2.05) is 152 Å². The molecule has 0 aliphatic rings. The van der Waals surface area contributed by atoms with Crippen LogP contribution < -0.4 is 5.32 Å². The van der Waals surface area contributed by atoms with Gasteiger partial charge >= 0.3 is 0 Å². The van der Waals surface area contributed by atoms with Crippen molar-refractivity contribution in [2.24, 2.45) is 5.16 Å². The summed E-state index contributed by atoms with van der Waals surface area (Å²) in [5.41, 5.74) is 4.10. The van der Waals surface area contributed by atoms with E-state index in [1.165, 1.54) is 11.3 Å². The lowest BCUT2D eigenvalue weighted by atomic mass is 9.77. The Labute approximate surface area is 290 Å². The summed E-state index contributed by atoms with van der Waals surface area (Å²) in [5.74, 6) is 0. The zero-order valence-corrected chi connectivity index (χ0v) is 27.3. The molecule has 0 saturated heterocycles. The number of nitrogens with one attached hydrogen (secondary N) is 1. The first-order valence-corrected chi connectivity index (χ1v) is 16.8. The number of rotatable bonds is 12. The van der Waals surface area contributed by atoms with Crippen LogP contribution >= 0.6 is 11.3 Å². The summed E-state index contributed by atoms with van der Waals surface area (Å²) >= 11 is 1.39. The maximum absolute atomic E-state index is 12.6. The van der Waals surface area contributed by atoms with Crippen LogP contribution in [-0.2, 0) is 20.8 Å². The molecule has 6 aromatic carbocycles. The van der Waals surface area contributed by atoms with Gasteiger partial charge in [-0.3, -0.25) is 4.79 Å². The second-order valence-corrected chi connectivity index (χ2v) is 12.3. The van der Waals surface area contributed by atoms with Gasteiger partial charge in [0.1, 0.15) is 11.2 Å². The fourth-order valence-corrected chi connectivity index (χ4v) is 7.04. The van der Waals surface area contributed by atoms with E-state index in [0.717, 1.165) is 33.4 Å². The second kappa shape index (κ2) is 14.3. The molecule has 0 amide bonds. The van der Waals surface area contributed by atoms with E-state index >= 15 is 0 Å². The van der Waals surface area contributed by atoms with Gasteiger partial charge in [0.05, 0.1) is 0 Å². The molecule has 0 bridgehead atoms. The highest BCUT2D eigenvalue weighted by molar-refractivity contribution is 7.14. The summed E-state index contributed by atoms with van der Waals surface area (Å²) in [5, 5.41) is 10.7. The molecule has 49 heavy (non-hydrogen) atoms. The Bertz CT molecular complexity index is 1930. The Kier molecular flexibility index (Phi) is 9.21. The van der Waals surface area contributed by atoms with E-state index in [4.69, 9.17) is 9.82 Å². The molecule has 0 unspecified atom stereocenters. The van der Waals surface area contributed by atoms with Gasteiger partial charge in [-0.25, -0.2) is 4.98 Å².